The SMILES string of the molecule is CCN(C(=O)c1ccc(Br)cn1)C1CCCCC1CN. The van der Waals surface area contributed by atoms with E-state index in [9.17, 15) is 4.79 Å². The summed E-state index contributed by atoms with van der Waals surface area (Å²) < 4.78 is 0.884. The Balaban J connectivity index is 2.17. The molecule has 1 aliphatic rings. The average molecular weight is 340 g/mol. The fourth-order valence-corrected chi connectivity index (χ4v) is 3.29. The second-order valence-electron chi connectivity index (χ2n) is 5.30. The van der Waals surface area contributed by atoms with Crippen LogP contribution in [0, 0.1) is 5.92 Å². The van der Waals surface area contributed by atoms with Crippen LogP contribution >= 0.6 is 15.9 Å². The molecule has 1 amide bonds. The number of amides is 1. The van der Waals surface area contributed by atoms with Crippen LogP contribution in [0.1, 0.15) is 43.1 Å². The van der Waals surface area contributed by atoms with Gasteiger partial charge in [0, 0.05) is 23.3 Å². The van der Waals surface area contributed by atoms with Gasteiger partial charge in [0.2, 0.25) is 0 Å². The van der Waals surface area contributed by atoms with Gasteiger partial charge < -0.3 is 10.6 Å². The number of aromatic nitrogens is 1. The van der Waals surface area contributed by atoms with Crippen molar-refractivity contribution in [3.05, 3.63) is 28.5 Å². The van der Waals surface area contributed by atoms with Gasteiger partial charge in [0.15, 0.2) is 0 Å². The highest BCUT2D eigenvalue weighted by Gasteiger charge is 2.32. The maximum Gasteiger partial charge on any atom is 0.272 e. The molecular formula is C15H22BrN3O. The molecule has 4 nitrogen and oxygen atoms in total. The van der Waals surface area contributed by atoms with Crippen LogP contribution in [0.15, 0.2) is 22.8 Å². The molecule has 2 N–H and O–H groups in total. The van der Waals surface area contributed by atoms with Gasteiger partial charge in [-0.25, -0.2) is 4.98 Å². The Hall–Kier alpha value is -0.940. The van der Waals surface area contributed by atoms with Crippen LogP contribution in [-0.4, -0.2) is 34.9 Å². The predicted molar refractivity (Wildman–Crippen MR) is 83.4 cm³/mol. The van der Waals surface area contributed by atoms with Gasteiger partial charge >= 0.3 is 0 Å². The van der Waals surface area contributed by atoms with E-state index >= 15 is 0 Å². The Morgan fingerprint density at radius 2 is 2.20 bits per heavy atom. The Morgan fingerprint density at radius 3 is 2.80 bits per heavy atom. The van der Waals surface area contributed by atoms with E-state index in [0.29, 0.717) is 24.7 Å². The molecule has 1 heterocycles. The van der Waals surface area contributed by atoms with E-state index in [1.54, 1.807) is 12.3 Å². The van der Waals surface area contributed by atoms with Gasteiger partial charge in [-0.05, 0) is 60.3 Å². The van der Waals surface area contributed by atoms with Gasteiger partial charge in [-0.1, -0.05) is 12.8 Å². The van der Waals surface area contributed by atoms with Crippen LogP contribution in [0.3, 0.4) is 0 Å². The molecule has 1 saturated carbocycles. The lowest BCUT2D eigenvalue weighted by Gasteiger charge is -2.39. The molecule has 0 spiro atoms. The third-order valence-electron chi connectivity index (χ3n) is 4.12. The van der Waals surface area contributed by atoms with Crippen molar-refractivity contribution in [1.29, 1.82) is 0 Å². The molecular weight excluding hydrogens is 318 g/mol. The second-order valence-corrected chi connectivity index (χ2v) is 6.22. The third-order valence-corrected chi connectivity index (χ3v) is 4.59. The molecule has 0 aliphatic heterocycles. The van der Waals surface area contributed by atoms with Crippen molar-refractivity contribution in [1.82, 2.24) is 9.88 Å². The number of carbonyl (C=O) groups excluding carboxylic acids is 1. The van der Waals surface area contributed by atoms with E-state index in [-0.39, 0.29) is 11.9 Å². The fourth-order valence-electron chi connectivity index (χ4n) is 3.05. The van der Waals surface area contributed by atoms with Gasteiger partial charge in [-0.3, -0.25) is 4.79 Å². The molecule has 110 valence electrons. The molecule has 0 aromatic carbocycles. The minimum atomic E-state index is 0.0188. The first kappa shape index (κ1) is 15.4. The van der Waals surface area contributed by atoms with Crippen molar-refractivity contribution >= 4 is 21.8 Å². The topological polar surface area (TPSA) is 59.2 Å². The van der Waals surface area contributed by atoms with Crippen molar-refractivity contribution in [3.8, 4) is 0 Å². The molecule has 1 aliphatic carbocycles. The number of halogens is 1. The molecule has 2 rings (SSSR count). The fraction of sp³-hybridized carbons (Fsp3) is 0.600. The van der Waals surface area contributed by atoms with Crippen molar-refractivity contribution < 1.29 is 4.79 Å². The van der Waals surface area contributed by atoms with E-state index in [1.807, 2.05) is 17.9 Å². The van der Waals surface area contributed by atoms with E-state index in [1.165, 1.54) is 12.8 Å². The summed E-state index contributed by atoms with van der Waals surface area (Å²) in [5, 5.41) is 0. The van der Waals surface area contributed by atoms with Crippen molar-refractivity contribution in [2.24, 2.45) is 11.7 Å². The first-order chi connectivity index (χ1) is 9.67. The summed E-state index contributed by atoms with van der Waals surface area (Å²) in [6, 6.07) is 3.89. The number of pyridine rings is 1. The molecule has 2 unspecified atom stereocenters. The van der Waals surface area contributed by atoms with E-state index < -0.39 is 0 Å². The molecule has 1 fully saturated rings. The quantitative estimate of drug-likeness (QED) is 0.917. The molecule has 0 bridgehead atoms. The summed E-state index contributed by atoms with van der Waals surface area (Å²) in [6.07, 6.45) is 6.25. The minimum Gasteiger partial charge on any atom is -0.334 e. The van der Waals surface area contributed by atoms with Gasteiger partial charge in [0.1, 0.15) is 5.69 Å². The zero-order chi connectivity index (χ0) is 14.5. The van der Waals surface area contributed by atoms with Crippen LogP contribution < -0.4 is 5.73 Å². The summed E-state index contributed by atoms with van der Waals surface area (Å²) >= 11 is 3.34. The molecule has 20 heavy (non-hydrogen) atoms. The summed E-state index contributed by atoms with van der Waals surface area (Å²) in [5.74, 6) is 0.438. The van der Waals surface area contributed by atoms with Crippen LogP contribution in [0.4, 0.5) is 0 Å². The highest BCUT2D eigenvalue weighted by Crippen LogP contribution is 2.28. The number of hydrogen-bond acceptors (Lipinski definition) is 3. The van der Waals surface area contributed by atoms with Crippen LogP contribution in [0.5, 0.6) is 0 Å². The molecule has 1 aromatic rings. The smallest absolute Gasteiger partial charge is 0.272 e. The molecule has 0 saturated heterocycles. The monoisotopic (exact) mass is 339 g/mol. The highest BCUT2D eigenvalue weighted by molar-refractivity contribution is 9.10. The third kappa shape index (κ3) is 3.38. The van der Waals surface area contributed by atoms with E-state index in [4.69, 9.17) is 5.73 Å². The number of rotatable bonds is 4. The van der Waals surface area contributed by atoms with Gasteiger partial charge in [0.25, 0.3) is 5.91 Å². The summed E-state index contributed by atoms with van der Waals surface area (Å²) in [4.78, 5) is 18.8. The average Bonchev–Trinajstić information content (AvgIpc) is 2.49. The maximum absolute atomic E-state index is 12.7. The Bertz CT molecular complexity index is 449. The lowest BCUT2D eigenvalue weighted by atomic mass is 9.83. The number of hydrogen-bond donors (Lipinski definition) is 1. The van der Waals surface area contributed by atoms with Crippen molar-refractivity contribution in [3.63, 3.8) is 0 Å². The van der Waals surface area contributed by atoms with Crippen LogP contribution in [0.25, 0.3) is 0 Å². The predicted octanol–water partition coefficient (Wildman–Crippen LogP) is 2.82. The summed E-state index contributed by atoms with van der Waals surface area (Å²) in [7, 11) is 0. The van der Waals surface area contributed by atoms with Gasteiger partial charge in [-0.15, -0.1) is 0 Å². The zero-order valence-electron chi connectivity index (χ0n) is 11.9. The molecule has 0 radical (unpaired) electrons. The first-order valence-electron chi connectivity index (χ1n) is 7.30. The van der Waals surface area contributed by atoms with Gasteiger partial charge in [-0.2, -0.15) is 0 Å². The maximum atomic E-state index is 12.7. The molecule has 1 aromatic heterocycles. The summed E-state index contributed by atoms with van der Waals surface area (Å²) in [6.45, 7) is 3.39. The normalized spacial score (nSPS) is 22.6. The Morgan fingerprint density at radius 1 is 1.45 bits per heavy atom. The molecule has 5 heteroatoms. The molecule has 2 atom stereocenters. The van der Waals surface area contributed by atoms with Crippen LogP contribution in [-0.2, 0) is 0 Å². The lowest BCUT2D eigenvalue weighted by molar-refractivity contribution is 0.0554. The van der Waals surface area contributed by atoms with Crippen LogP contribution in [0.2, 0.25) is 0 Å². The van der Waals surface area contributed by atoms with E-state index in [2.05, 4.69) is 20.9 Å². The Labute approximate surface area is 128 Å². The standard InChI is InChI=1S/C15H22BrN3O/c1-2-19(14-6-4-3-5-11(14)9-17)15(20)13-8-7-12(16)10-18-13/h7-8,10-11,14H,2-6,9,17H2,1H3. The van der Waals surface area contributed by atoms with Crippen molar-refractivity contribution in [2.75, 3.05) is 13.1 Å². The number of carbonyl (C=O) groups is 1. The summed E-state index contributed by atoms with van der Waals surface area (Å²) in [5.41, 5.74) is 6.40. The second kappa shape index (κ2) is 7.18. The number of nitrogens with two attached hydrogens (primary N) is 1. The van der Waals surface area contributed by atoms with E-state index in [0.717, 1.165) is 17.3 Å². The zero-order valence-corrected chi connectivity index (χ0v) is 13.5. The Kier molecular flexibility index (Phi) is 5.54. The minimum absolute atomic E-state index is 0.0188. The largest absolute Gasteiger partial charge is 0.334 e. The van der Waals surface area contributed by atoms with Gasteiger partial charge in [0.05, 0.1) is 0 Å². The lowest BCUT2D eigenvalue weighted by Crippen LogP contribution is -2.48. The highest BCUT2D eigenvalue weighted by atomic mass is 79.9. The number of nitrogens with zero attached hydrogens (tertiary/aromatic N) is 2. The first-order valence-corrected chi connectivity index (χ1v) is 8.09. The van der Waals surface area contributed by atoms with Crippen molar-refractivity contribution in [2.45, 2.75) is 38.6 Å².